The first-order chi connectivity index (χ1) is 19.8. The molecule has 4 heterocycles. The number of carboxylic acids is 1. The van der Waals surface area contributed by atoms with Crippen molar-refractivity contribution in [1.82, 2.24) is 29.9 Å². The van der Waals surface area contributed by atoms with Gasteiger partial charge in [-0.3, -0.25) is 0 Å². The average Bonchev–Trinajstić information content (AvgIpc) is 3.29. The molecule has 4 aromatic rings. The highest BCUT2D eigenvalue weighted by atomic mass is 35.5. The van der Waals surface area contributed by atoms with Crippen LogP contribution < -0.4 is 10.2 Å². The van der Waals surface area contributed by atoms with Gasteiger partial charge in [0.2, 0.25) is 23.5 Å². The highest BCUT2D eigenvalue weighted by Gasteiger charge is 2.43. The Labute approximate surface area is 236 Å². The lowest BCUT2D eigenvalue weighted by atomic mass is 9.94. The van der Waals surface area contributed by atoms with Crippen LogP contribution in [0.2, 0.25) is 5.02 Å². The average molecular weight is 617 g/mol. The minimum Gasteiger partial charge on any atom is -0.480 e. The molecule has 42 heavy (non-hydrogen) atoms. The van der Waals surface area contributed by atoms with Gasteiger partial charge in [0.1, 0.15) is 12.6 Å². The number of hydrogen-bond donors (Lipinski definition) is 3. The van der Waals surface area contributed by atoms with Crippen molar-refractivity contribution in [3.05, 3.63) is 64.1 Å². The van der Waals surface area contributed by atoms with E-state index in [0.29, 0.717) is 21.8 Å². The molecule has 0 radical (unpaired) electrons. The molecule has 18 heteroatoms. The van der Waals surface area contributed by atoms with Crippen LogP contribution in [0.15, 0.2) is 30.6 Å². The van der Waals surface area contributed by atoms with Crippen molar-refractivity contribution in [2.75, 3.05) is 36.5 Å². The second-order valence-corrected chi connectivity index (χ2v) is 9.48. The molecule has 0 unspecified atom stereocenters. The Hall–Kier alpha value is -4.25. The number of aliphatic carboxylic acids is 1. The summed E-state index contributed by atoms with van der Waals surface area (Å²) in [4.78, 5) is 32.7. The molecule has 0 aliphatic carbocycles. The third kappa shape index (κ3) is 6.15. The molecule has 0 saturated heterocycles. The SMILES string of the molecule is O=C(O)COCCNc1ncc([C@H]2c3[nH]c4ccc(Cl)cc4c3CCN2c2nc(C(F)(F)F)nc(C(F)(F)F)n2)cn1. The Kier molecular flexibility index (Phi) is 7.80. The van der Waals surface area contributed by atoms with E-state index in [1.54, 1.807) is 18.2 Å². The predicted octanol–water partition coefficient (Wildman–Crippen LogP) is 4.50. The molecule has 1 aliphatic rings. The molecule has 1 aliphatic heterocycles. The van der Waals surface area contributed by atoms with E-state index in [9.17, 15) is 31.1 Å². The molecule has 1 aromatic carbocycles. The fourth-order valence-corrected chi connectivity index (χ4v) is 4.71. The van der Waals surface area contributed by atoms with Gasteiger partial charge in [-0.1, -0.05) is 11.6 Å². The van der Waals surface area contributed by atoms with E-state index >= 15 is 0 Å². The first-order valence-electron chi connectivity index (χ1n) is 12.1. The fraction of sp³-hybridized carbons (Fsp3) is 0.333. The summed E-state index contributed by atoms with van der Waals surface area (Å²) < 4.78 is 86.2. The molecule has 5 rings (SSSR count). The monoisotopic (exact) mass is 616 g/mol. The number of ether oxygens (including phenoxy) is 1. The number of rotatable bonds is 8. The van der Waals surface area contributed by atoms with Gasteiger partial charge in [0.05, 0.1) is 6.61 Å². The predicted molar refractivity (Wildman–Crippen MR) is 135 cm³/mol. The lowest BCUT2D eigenvalue weighted by molar-refractivity contribution is -0.155. The number of fused-ring (bicyclic) bond motifs is 3. The van der Waals surface area contributed by atoms with Crippen molar-refractivity contribution in [3.63, 3.8) is 0 Å². The molecule has 3 aromatic heterocycles. The van der Waals surface area contributed by atoms with Crippen molar-refractivity contribution < 1.29 is 41.0 Å². The zero-order valence-corrected chi connectivity index (χ0v) is 21.8. The standard InChI is InChI=1S/C24H19ClF6N8O3/c25-12-1-2-15-14(7-12)13-3-5-39(22-37-19(23(26,27)28)36-20(38-22)24(29,30)31)18(17(13)35-15)11-8-33-21(34-9-11)32-4-6-42-10-16(40)41/h1-2,7-9,18,35H,3-6,10H2,(H,40,41)(H,32,33,34)/t18-/m0/s1. The van der Waals surface area contributed by atoms with E-state index in [-0.39, 0.29) is 32.1 Å². The topological polar surface area (TPSA) is 142 Å². The number of hydrogen-bond acceptors (Lipinski definition) is 9. The van der Waals surface area contributed by atoms with Crippen LogP contribution >= 0.6 is 11.6 Å². The third-order valence-corrected chi connectivity index (χ3v) is 6.45. The van der Waals surface area contributed by atoms with Gasteiger partial charge >= 0.3 is 18.3 Å². The van der Waals surface area contributed by atoms with Crippen molar-refractivity contribution in [3.8, 4) is 0 Å². The molecule has 11 nitrogen and oxygen atoms in total. The Morgan fingerprint density at radius 1 is 1.10 bits per heavy atom. The second-order valence-electron chi connectivity index (χ2n) is 9.04. The number of anilines is 2. The Bertz CT molecular complexity index is 1580. The second kappa shape index (κ2) is 11.2. The summed E-state index contributed by atoms with van der Waals surface area (Å²) in [5.41, 5.74) is 2.18. The number of nitrogens with one attached hydrogen (secondary N) is 2. The summed E-state index contributed by atoms with van der Waals surface area (Å²) in [6.07, 6.45) is -7.60. The van der Waals surface area contributed by atoms with E-state index in [2.05, 4.69) is 35.2 Å². The summed E-state index contributed by atoms with van der Waals surface area (Å²) in [5.74, 6) is -5.78. The molecule has 0 saturated carbocycles. The van der Waals surface area contributed by atoms with Gasteiger partial charge in [-0.15, -0.1) is 0 Å². The van der Waals surface area contributed by atoms with Crippen LogP contribution in [0.3, 0.4) is 0 Å². The first kappa shape index (κ1) is 29.2. The lowest BCUT2D eigenvalue weighted by Crippen LogP contribution is -2.38. The summed E-state index contributed by atoms with van der Waals surface area (Å²) in [5, 5.41) is 12.6. The van der Waals surface area contributed by atoms with Crippen molar-refractivity contribution >= 4 is 40.4 Å². The van der Waals surface area contributed by atoms with Crippen molar-refractivity contribution in [1.29, 1.82) is 0 Å². The van der Waals surface area contributed by atoms with E-state index in [1.807, 2.05) is 0 Å². The Morgan fingerprint density at radius 2 is 1.76 bits per heavy atom. The smallest absolute Gasteiger partial charge is 0.451 e. The molecule has 0 spiro atoms. The largest absolute Gasteiger partial charge is 0.480 e. The molecule has 0 amide bonds. The van der Waals surface area contributed by atoms with Crippen molar-refractivity contribution in [2.24, 2.45) is 0 Å². The van der Waals surface area contributed by atoms with Gasteiger partial charge in [-0.2, -0.15) is 36.3 Å². The zero-order valence-electron chi connectivity index (χ0n) is 21.1. The molecule has 1 atom stereocenters. The number of halogens is 7. The van der Waals surface area contributed by atoms with Crippen LogP contribution in [-0.2, 0) is 28.3 Å². The van der Waals surface area contributed by atoms with Gasteiger partial charge in [0, 0.05) is 52.7 Å². The minimum absolute atomic E-state index is 0.0389. The van der Waals surface area contributed by atoms with Gasteiger partial charge < -0.3 is 25.0 Å². The van der Waals surface area contributed by atoms with Crippen LogP contribution in [-0.4, -0.2) is 67.3 Å². The number of carbonyl (C=O) groups is 1. The maximum absolute atomic E-state index is 13.6. The Balaban J connectivity index is 1.56. The number of carboxylic acid groups (broad SMARTS) is 1. The third-order valence-electron chi connectivity index (χ3n) is 6.22. The van der Waals surface area contributed by atoms with E-state index in [0.717, 1.165) is 10.9 Å². The van der Waals surface area contributed by atoms with Gasteiger partial charge in [0.15, 0.2) is 0 Å². The molecule has 0 bridgehead atoms. The van der Waals surface area contributed by atoms with Crippen molar-refractivity contribution in [2.45, 2.75) is 24.8 Å². The zero-order chi connectivity index (χ0) is 30.2. The summed E-state index contributed by atoms with van der Waals surface area (Å²) in [6, 6.07) is 4.04. The minimum atomic E-state index is -5.27. The maximum Gasteiger partial charge on any atom is 0.451 e. The van der Waals surface area contributed by atoms with Crippen LogP contribution in [0, 0.1) is 0 Å². The van der Waals surface area contributed by atoms with Crippen LogP contribution in [0.1, 0.15) is 34.5 Å². The fourth-order valence-electron chi connectivity index (χ4n) is 4.53. The number of aromatic nitrogens is 6. The van der Waals surface area contributed by atoms with Crippen LogP contribution in [0.25, 0.3) is 10.9 Å². The number of benzene rings is 1. The quantitative estimate of drug-likeness (QED) is 0.191. The first-order valence-corrected chi connectivity index (χ1v) is 12.5. The molecular weight excluding hydrogens is 598 g/mol. The number of nitrogens with zero attached hydrogens (tertiary/aromatic N) is 6. The number of aromatic amines is 1. The molecular formula is C24H19ClF6N8O3. The number of H-pyrrole nitrogens is 1. The molecule has 0 fully saturated rings. The molecule has 222 valence electrons. The normalized spacial score (nSPS) is 15.6. The summed E-state index contributed by atoms with van der Waals surface area (Å²) >= 11 is 6.18. The van der Waals surface area contributed by atoms with Gasteiger partial charge in [0.25, 0.3) is 0 Å². The van der Waals surface area contributed by atoms with Gasteiger partial charge in [-0.05, 0) is 30.2 Å². The number of alkyl halides is 6. The van der Waals surface area contributed by atoms with Crippen LogP contribution in [0.5, 0.6) is 0 Å². The highest BCUT2D eigenvalue weighted by Crippen LogP contribution is 2.41. The maximum atomic E-state index is 13.6. The van der Waals surface area contributed by atoms with E-state index < -0.39 is 48.6 Å². The lowest BCUT2D eigenvalue weighted by Gasteiger charge is -2.36. The van der Waals surface area contributed by atoms with Gasteiger partial charge in [-0.25, -0.2) is 19.7 Å². The summed E-state index contributed by atoms with van der Waals surface area (Å²) in [6.45, 7) is -0.339. The summed E-state index contributed by atoms with van der Waals surface area (Å²) in [7, 11) is 0. The van der Waals surface area contributed by atoms with Crippen LogP contribution in [0.4, 0.5) is 38.2 Å². The van der Waals surface area contributed by atoms with E-state index in [4.69, 9.17) is 21.4 Å². The molecule has 3 N–H and O–H groups in total. The highest BCUT2D eigenvalue weighted by molar-refractivity contribution is 6.31. The Morgan fingerprint density at radius 3 is 2.38 bits per heavy atom. The van der Waals surface area contributed by atoms with E-state index in [1.165, 1.54) is 17.3 Å².